The normalized spacial score (nSPS) is 12.3. The van der Waals surface area contributed by atoms with Crippen LogP contribution in [-0.4, -0.2) is 22.8 Å². The molecule has 0 aliphatic carbocycles. The summed E-state index contributed by atoms with van der Waals surface area (Å²) in [7, 11) is 1.66. The second-order valence-corrected chi connectivity index (χ2v) is 5.26. The molecule has 0 N–H and O–H groups in total. The van der Waals surface area contributed by atoms with Crippen molar-refractivity contribution >= 4 is 17.7 Å². The predicted molar refractivity (Wildman–Crippen MR) is 86.8 cm³/mol. The zero-order valence-electron chi connectivity index (χ0n) is 13.2. The van der Waals surface area contributed by atoms with Crippen molar-refractivity contribution in [2.45, 2.75) is 19.9 Å². The Balaban J connectivity index is 2.10. The predicted octanol–water partition coefficient (Wildman–Crippen LogP) is 3.73. The highest BCUT2D eigenvalue weighted by atomic mass is 16.6. The van der Waals surface area contributed by atoms with Gasteiger partial charge in [0, 0.05) is 25.3 Å². The first-order chi connectivity index (χ1) is 10.9. The fraction of sp³-hybridized carbons (Fsp3) is 0.235. The maximum Gasteiger partial charge on any atom is 0.269 e. The van der Waals surface area contributed by atoms with E-state index in [0.717, 1.165) is 5.76 Å². The van der Waals surface area contributed by atoms with Crippen LogP contribution in [-0.2, 0) is 4.79 Å². The van der Waals surface area contributed by atoms with Gasteiger partial charge in [0.05, 0.1) is 11.0 Å². The van der Waals surface area contributed by atoms with Gasteiger partial charge in [-0.15, -0.1) is 0 Å². The van der Waals surface area contributed by atoms with Crippen LogP contribution in [0.5, 0.6) is 0 Å². The lowest BCUT2D eigenvalue weighted by Gasteiger charge is -2.24. The Bertz CT molecular complexity index is 749. The van der Waals surface area contributed by atoms with Crippen LogP contribution in [0.1, 0.15) is 30.0 Å². The molecule has 0 fully saturated rings. The molecule has 6 heteroatoms. The van der Waals surface area contributed by atoms with Gasteiger partial charge in [0.25, 0.3) is 5.69 Å². The van der Waals surface area contributed by atoms with Crippen LogP contribution in [0.15, 0.2) is 46.9 Å². The first-order valence-electron chi connectivity index (χ1n) is 7.14. The monoisotopic (exact) mass is 314 g/mol. The van der Waals surface area contributed by atoms with Crippen molar-refractivity contribution in [2.75, 3.05) is 7.05 Å². The van der Waals surface area contributed by atoms with E-state index in [1.54, 1.807) is 31.3 Å². The minimum absolute atomic E-state index is 0.0109. The van der Waals surface area contributed by atoms with E-state index in [4.69, 9.17) is 4.42 Å². The SMILES string of the molecule is Cc1ccc(C=CC(=O)N(C)C(C)c2cccc([N+](=O)[O-])c2)o1. The van der Waals surface area contributed by atoms with Crippen molar-refractivity contribution in [3.63, 3.8) is 0 Å². The minimum atomic E-state index is -0.447. The summed E-state index contributed by atoms with van der Waals surface area (Å²) >= 11 is 0. The van der Waals surface area contributed by atoms with Gasteiger partial charge in [0.2, 0.25) is 5.91 Å². The first kappa shape index (κ1) is 16.5. The van der Waals surface area contributed by atoms with E-state index in [1.165, 1.54) is 23.1 Å². The highest BCUT2D eigenvalue weighted by Gasteiger charge is 2.17. The van der Waals surface area contributed by atoms with Crippen LogP contribution in [0, 0.1) is 17.0 Å². The van der Waals surface area contributed by atoms with Gasteiger partial charge in [-0.2, -0.15) is 0 Å². The molecule has 0 saturated heterocycles. The van der Waals surface area contributed by atoms with Crippen LogP contribution in [0.25, 0.3) is 6.08 Å². The van der Waals surface area contributed by atoms with Gasteiger partial charge in [-0.25, -0.2) is 0 Å². The fourth-order valence-electron chi connectivity index (χ4n) is 2.13. The maximum atomic E-state index is 12.2. The molecule has 0 bridgehead atoms. The van der Waals surface area contributed by atoms with E-state index in [0.29, 0.717) is 11.3 Å². The van der Waals surface area contributed by atoms with Crippen molar-refractivity contribution in [3.05, 3.63) is 69.7 Å². The molecule has 23 heavy (non-hydrogen) atoms. The van der Waals surface area contributed by atoms with E-state index >= 15 is 0 Å². The molecule has 0 spiro atoms. The lowest BCUT2D eigenvalue weighted by Crippen LogP contribution is -2.28. The van der Waals surface area contributed by atoms with Crippen LogP contribution < -0.4 is 0 Å². The summed E-state index contributed by atoms with van der Waals surface area (Å²) in [6.45, 7) is 3.65. The number of aryl methyl sites for hydroxylation is 1. The molecule has 1 heterocycles. The lowest BCUT2D eigenvalue weighted by molar-refractivity contribution is -0.384. The van der Waals surface area contributed by atoms with E-state index < -0.39 is 4.92 Å². The number of likely N-dealkylation sites (N-methyl/N-ethyl adjacent to an activating group) is 1. The number of carbonyl (C=O) groups is 1. The summed E-state index contributed by atoms with van der Waals surface area (Å²) < 4.78 is 5.37. The second kappa shape index (κ2) is 6.91. The minimum Gasteiger partial charge on any atom is -0.462 e. The Kier molecular flexibility index (Phi) is 4.95. The highest BCUT2D eigenvalue weighted by molar-refractivity contribution is 5.91. The number of amides is 1. The molecule has 0 aliphatic rings. The summed E-state index contributed by atoms with van der Waals surface area (Å²) in [5.41, 5.74) is 0.717. The summed E-state index contributed by atoms with van der Waals surface area (Å²) in [4.78, 5) is 24.1. The maximum absolute atomic E-state index is 12.2. The Labute approximate surface area is 134 Å². The molecule has 1 aromatic carbocycles. The smallest absolute Gasteiger partial charge is 0.269 e. The summed E-state index contributed by atoms with van der Waals surface area (Å²) in [5, 5.41) is 10.8. The van der Waals surface area contributed by atoms with Gasteiger partial charge in [-0.1, -0.05) is 12.1 Å². The number of non-ortho nitro benzene ring substituents is 1. The van der Waals surface area contributed by atoms with Crippen LogP contribution in [0.2, 0.25) is 0 Å². The fourth-order valence-corrected chi connectivity index (χ4v) is 2.13. The number of benzene rings is 1. The Morgan fingerprint density at radius 1 is 1.35 bits per heavy atom. The molecule has 1 unspecified atom stereocenters. The van der Waals surface area contributed by atoms with Crippen molar-refractivity contribution in [3.8, 4) is 0 Å². The van der Waals surface area contributed by atoms with E-state index in [9.17, 15) is 14.9 Å². The quantitative estimate of drug-likeness (QED) is 0.478. The Morgan fingerprint density at radius 3 is 2.70 bits per heavy atom. The third-order valence-corrected chi connectivity index (χ3v) is 3.64. The van der Waals surface area contributed by atoms with Gasteiger partial charge in [0.1, 0.15) is 11.5 Å². The van der Waals surface area contributed by atoms with Gasteiger partial charge >= 0.3 is 0 Å². The average Bonchev–Trinajstić information content (AvgIpc) is 2.96. The van der Waals surface area contributed by atoms with Gasteiger partial charge in [0.15, 0.2) is 0 Å². The van der Waals surface area contributed by atoms with E-state index in [1.807, 2.05) is 19.9 Å². The molecule has 2 aromatic rings. The number of nitro benzene ring substituents is 1. The van der Waals surface area contributed by atoms with Crippen molar-refractivity contribution in [2.24, 2.45) is 0 Å². The third kappa shape index (κ3) is 4.06. The summed E-state index contributed by atoms with van der Waals surface area (Å²) in [6, 6.07) is 9.60. The van der Waals surface area contributed by atoms with Crippen molar-refractivity contribution < 1.29 is 14.1 Å². The van der Waals surface area contributed by atoms with Crippen LogP contribution in [0.4, 0.5) is 5.69 Å². The van der Waals surface area contributed by atoms with Crippen LogP contribution >= 0.6 is 0 Å². The number of nitro groups is 1. The Hall–Kier alpha value is -2.89. The number of rotatable bonds is 5. The molecule has 1 atom stereocenters. The highest BCUT2D eigenvalue weighted by Crippen LogP contribution is 2.23. The second-order valence-electron chi connectivity index (χ2n) is 5.26. The van der Waals surface area contributed by atoms with E-state index in [2.05, 4.69) is 0 Å². The molecule has 2 rings (SSSR count). The molecule has 120 valence electrons. The first-order valence-corrected chi connectivity index (χ1v) is 7.14. The number of hydrogen-bond donors (Lipinski definition) is 0. The molecule has 0 aliphatic heterocycles. The molecular formula is C17H18N2O4. The number of hydrogen-bond acceptors (Lipinski definition) is 4. The van der Waals surface area contributed by atoms with Crippen molar-refractivity contribution in [1.29, 1.82) is 0 Å². The third-order valence-electron chi connectivity index (χ3n) is 3.64. The average molecular weight is 314 g/mol. The number of furan rings is 1. The zero-order valence-corrected chi connectivity index (χ0v) is 13.2. The molecule has 1 aromatic heterocycles. The van der Waals surface area contributed by atoms with Gasteiger partial charge in [-0.05, 0) is 37.6 Å². The molecule has 0 radical (unpaired) electrons. The zero-order chi connectivity index (χ0) is 17.0. The molecule has 1 amide bonds. The number of carbonyl (C=O) groups excluding carboxylic acids is 1. The lowest BCUT2D eigenvalue weighted by atomic mass is 10.1. The standard InChI is InChI=1S/C17H18N2O4/c1-12-7-8-16(23-12)9-10-17(20)18(3)13(2)14-5-4-6-15(11-14)19(21)22/h4-11,13H,1-3H3. The molecule has 6 nitrogen and oxygen atoms in total. The van der Waals surface area contributed by atoms with Crippen LogP contribution in [0.3, 0.4) is 0 Å². The van der Waals surface area contributed by atoms with Gasteiger partial charge < -0.3 is 9.32 Å². The largest absolute Gasteiger partial charge is 0.462 e. The topological polar surface area (TPSA) is 76.6 Å². The van der Waals surface area contributed by atoms with E-state index in [-0.39, 0.29) is 17.6 Å². The van der Waals surface area contributed by atoms with Gasteiger partial charge in [-0.3, -0.25) is 14.9 Å². The van der Waals surface area contributed by atoms with Crippen molar-refractivity contribution in [1.82, 2.24) is 4.90 Å². The molecular weight excluding hydrogens is 296 g/mol. The number of nitrogens with zero attached hydrogens (tertiary/aromatic N) is 2. The Morgan fingerprint density at radius 2 is 2.09 bits per heavy atom. The summed E-state index contributed by atoms with van der Waals surface area (Å²) in [6.07, 6.45) is 3.03. The summed E-state index contributed by atoms with van der Waals surface area (Å²) in [5.74, 6) is 1.17. The molecule has 0 saturated carbocycles.